The Bertz CT molecular complexity index is 521. The van der Waals surface area contributed by atoms with Crippen LogP contribution in [0.2, 0.25) is 0 Å². The molecule has 94 valence electrons. The molecule has 1 heterocycles. The molecule has 0 spiro atoms. The van der Waals surface area contributed by atoms with Gasteiger partial charge in [0.05, 0.1) is 6.54 Å². The van der Waals surface area contributed by atoms with Gasteiger partial charge in [-0.05, 0) is 37.1 Å². The van der Waals surface area contributed by atoms with Crippen LogP contribution in [0.5, 0.6) is 0 Å². The van der Waals surface area contributed by atoms with Crippen molar-refractivity contribution in [2.24, 2.45) is 0 Å². The average Bonchev–Trinajstić information content (AvgIpc) is 3.10. The van der Waals surface area contributed by atoms with Crippen LogP contribution in [-0.2, 0) is 6.54 Å². The maximum atomic E-state index is 5.49. The number of aromatic nitrogens is 2. The van der Waals surface area contributed by atoms with Gasteiger partial charge in [-0.25, -0.2) is 0 Å². The minimum absolute atomic E-state index is 0.421. The van der Waals surface area contributed by atoms with Crippen molar-refractivity contribution in [3.63, 3.8) is 0 Å². The summed E-state index contributed by atoms with van der Waals surface area (Å²) in [7, 11) is 0. The molecule has 0 atom stereocenters. The Kier molecular flexibility index (Phi) is 3.29. The lowest BCUT2D eigenvalue weighted by molar-refractivity contribution is 0.478. The molecule has 3 rings (SSSR count). The lowest BCUT2D eigenvalue weighted by atomic mass is 10.3. The number of benzene rings is 1. The van der Waals surface area contributed by atoms with Crippen LogP contribution in [0, 0.1) is 0 Å². The Morgan fingerprint density at radius 1 is 1.22 bits per heavy atom. The summed E-state index contributed by atoms with van der Waals surface area (Å²) in [4.78, 5) is 0. The van der Waals surface area contributed by atoms with Crippen molar-refractivity contribution in [1.82, 2.24) is 15.5 Å². The van der Waals surface area contributed by atoms with Gasteiger partial charge in [-0.3, -0.25) is 0 Å². The Hall–Kier alpha value is -1.40. The zero-order valence-corrected chi connectivity index (χ0v) is 11.3. The molecule has 0 bridgehead atoms. The molecular formula is C12H13BrN4O. The SMILES string of the molecule is Brc1ccc(Nc2nnc(CNC3CC3)o2)cc1. The summed E-state index contributed by atoms with van der Waals surface area (Å²) in [6.45, 7) is 0.639. The Morgan fingerprint density at radius 2 is 2.00 bits per heavy atom. The van der Waals surface area contributed by atoms with E-state index in [4.69, 9.17) is 4.42 Å². The molecule has 1 aromatic heterocycles. The highest BCUT2D eigenvalue weighted by molar-refractivity contribution is 9.10. The lowest BCUT2D eigenvalue weighted by Gasteiger charge is -2.00. The highest BCUT2D eigenvalue weighted by Gasteiger charge is 2.21. The lowest BCUT2D eigenvalue weighted by Crippen LogP contribution is -2.15. The molecule has 0 aliphatic heterocycles. The molecule has 18 heavy (non-hydrogen) atoms. The van der Waals surface area contributed by atoms with Crippen LogP contribution >= 0.6 is 15.9 Å². The van der Waals surface area contributed by atoms with E-state index in [-0.39, 0.29) is 0 Å². The average molecular weight is 309 g/mol. The van der Waals surface area contributed by atoms with Gasteiger partial charge in [-0.2, -0.15) is 0 Å². The van der Waals surface area contributed by atoms with Crippen molar-refractivity contribution in [2.75, 3.05) is 5.32 Å². The quantitative estimate of drug-likeness (QED) is 0.889. The van der Waals surface area contributed by atoms with E-state index in [9.17, 15) is 0 Å². The summed E-state index contributed by atoms with van der Waals surface area (Å²) >= 11 is 3.39. The smallest absolute Gasteiger partial charge is 0.320 e. The topological polar surface area (TPSA) is 63.0 Å². The minimum Gasteiger partial charge on any atom is -0.406 e. The second kappa shape index (κ2) is 5.07. The normalized spacial score (nSPS) is 14.7. The number of hydrogen-bond acceptors (Lipinski definition) is 5. The molecule has 1 saturated carbocycles. The predicted molar refractivity (Wildman–Crippen MR) is 71.6 cm³/mol. The van der Waals surface area contributed by atoms with E-state index >= 15 is 0 Å². The van der Waals surface area contributed by atoms with E-state index in [1.165, 1.54) is 12.8 Å². The minimum atomic E-state index is 0.421. The monoisotopic (exact) mass is 308 g/mol. The van der Waals surface area contributed by atoms with E-state index < -0.39 is 0 Å². The van der Waals surface area contributed by atoms with E-state index in [1.54, 1.807) is 0 Å². The molecule has 0 unspecified atom stereocenters. The molecule has 1 aliphatic carbocycles. The van der Waals surface area contributed by atoms with Crippen molar-refractivity contribution >= 4 is 27.6 Å². The predicted octanol–water partition coefficient (Wildman–Crippen LogP) is 2.83. The first-order chi connectivity index (χ1) is 8.79. The molecule has 2 N–H and O–H groups in total. The first kappa shape index (κ1) is 11.7. The van der Waals surface area contributed by atoms with Crippen molar-refractivity contribution in [2.45, 2.75) is 25.4 Å². The molecule has 0 saturated heterocycles. The fourth-order valence-electron chi connectivity index (χ4n) is 1.55. The van der Waals surface area contributed by atoms with Crippen LogP contribution in [0.1, 0.15) is 18.7 Å². The molecule has 0 radical (unpaired) electrons. The third-order valence-electron chi connectivity index (χ3n) is 2.68. The Balaban J connectivity index is 1.60. The maximum Gasteiger partial charge on any atom is 0.320 e. The van der Waals surface area contributed by atoms with Gasteiger partial charge < -0.3 is 15.1 Å². The summed E-state index contributed by atoms with van der Waals surface area (Å²) in [5, 5.41) is 14.3. The standard InChI is InChI=1S/C12H13BrN4O/c13-8-1-3-10(4-2-8)15-12-17-16-11(18-12)7-14-9-5-6-9/h1-4,9,14H,5-7H2,(H,15,17). The molecular weight excluding hydrogens is 296 g/mol. The number of nitrogens with zero attached hydrogens (tertiary/aromatic N) is 2. The van der Waals surface area contributed by atoms with Gasteiger partial charge in [-0.1, -0.05) is 21.0 Å². The van der Waals surface area contributed by atoms with Crippen molar-refractivity contribution in [1.29, 1.82) is 0 Å². The highest BCUT2D eigenvalue weighted by atomic mass is 79.9. The first-order valence-corrected chi connectivity index (χ1v) is 6.67. The summed E-state index contributed by atoms with van der Waals surface area (Å²) in [6, 6.07) is 8.85. The highest BCUT2D eigenvalue weighted by Crippen LogP contribution is 2.20. The largest absolute Gasteiger partial charge is 0.406 e. The van der Waals surface area contributed by atoms with Gasteiger partial charge in [0, 0.05) is 16.2 Å². The van der Waals surface area contributed by atoms with Gasteiger partial charge in [0.1, 0.15) is 0 Å². The molecule has 1 aromatic carbocycles. The van der Waals surface area contributed by atoms with Gasteiger partial charge in [0.2, 0.25) is 5.89 Å². The van der Waals surface area contributed by atoms with E-state index in [0.29, 0.717) is 24.5 Å². The molecule has 1 aliphatic rings. The number of hydrogen-bond donors (Lipinski definition) is 2. The third kappa shape index (κ3) is 3.08. The number of anilines is 2. The Morgan fingerprint density at radius 3 is 2.72 bits per heavy atom. The van der Waals surface area contributed by atoms with Crippen LogP contribution < -0.4 is 10.6 Å². The Labute approximate surface area is 113 Å². The van der Waals surface area contributed by atoms with Gasteiger partial charge >= 0.3 is 6.01 Å². The zero-order valence-electron chi connectivity index (χ0n) is 9.69. The second-order valence-electron chi connectivity index (χ2n) is 4.29. The molecule has 0 amide bonds. The molecule has 2 aromatic rings. The first-order valence-electron chi connectivity index (χ1n) is 5.88. The summed E-state index contributed by atoms with van der Waals surface area (Å²) in [6.07, 6.45) is 2.50. The summed E-state index contributed by atoms with van der Waals surface area (Å²) in [5.74, 6) is 0.613. The molecule has 5 nitrogen and oxygen atoms in total. The van der Waals surface area contributed by atoms with E-state index in [1.807, 2.05) is 24.3 Å². The number of halogens is 1. The molecule has 1 fully saturated rings. The van der Waals surface area contributed by atoms with Crippen molar-refractivity contribution in [3.8, 4) is 0 Å². The van der Waals surface area contributed by atoms with Crippen molar-refractivity contribution < 1.29 is 4.42 Å². The van der Waals surface area contributed by atoms with Crippen LogP contribution in [-0.4, -0.2) is 16.2 Å². The molecule has 6 heteroatoms. The fraction of sp³-hybridized carbons (Fsp3) is 0.333. The van der Waals surface area contributed by atoms with Crippen LogP contribution in [0.3, 0.4) is 0 Å². The fourth-order valence-corrected chi connectivity index (χ4v) is 1.82. The van der Waals surface area contributed by atoms with E-state index in [2.05, 4.69) is 36.8 Å². The number of rotatable bonds is 5. The van der Waals surface area contributed by atoms with Crippen LogP contribution in [0.4, 0.5) is 11.7 Å². The van der Waals surface area contributed by atoms with E-state index in [0.717, 1.165) is 10.2 Å². The maximum absolute atomic E-state index is 5.49. The van der Waals surface area contributed by atoms with Crippen LogP contribution in [0.15, 0.2) is 33.2 Å². The van der Waals surface area contributed by atoms with Gasteiger partial charge in [-0.15, -0.1) is 5.10 Å². The number of nitrogens with one attached hydrogen (secondary N) is 2. The van der Waals surface area contributed by atoms with Crippen LogP contribution in [0.25, 0.3) is 0 Å². The third-order valence-corrected chi connectivity index (χ3v) is 3.21. The summed E-state index contributed by atoms with van der Waals surface area (Å²) in [5.41, 5.74) is 0.920. The summed E-state index contributed by atoms with van der Waals surface area (Å²) < 4.78 is 6.52. The van der Waals surface area contributed by atoms with Gasteiger partial charge in [0.25, 0.3) is 0 Å². The zero-order chi connectivity index (χ0) is 12.4. The second-order valence-corrected chi connectivity index (χ2v) is 5.20. The van der Waals surface area contributed by atoms with Crippen molar-refractivity contribution in [3.05, 3.63) is 34.6 Å². The van der Waals surface area contributed by atoms with Gasteiger partial charge in [0.15, 0.2) is 0 Å².